The summed E-state index contributed by atoms with van der Waals surface area (Å²) in [4.78, 5) is 16.7. The van der Waals surface area contributed by atoms with Crippen LogP contribution in [-0.4, -0.2) is 68.8 Å². The highest BCUT2D eigenvalue weighted by Gasteiger charge is 2.28. The number of hydrogen-bond acceptors (Lipinski definition) is 9. The van der Waals surface area contributed by atoms with E-state index in [1.165, 1.54) is 0 Å². The summed E-state index contributed by atoms with van der Waals surface area (Å²) in [5.74, 6) is 2.67. The van der Waals surface area contributed by atoms with Gasteiger partial charge in [0, 0.05) is 38.2 Å². The fourth-order valence-corrected chi connectivity index (χ4v) is 7.31. The first kappa shape index (κ1) is 29.5. The van der Waals surface area contributed by atoms with Crippen LogP contribution < -0.4 is 20.3 Å². The number of hydrogen-bond donors (Lipinski definition) is 3. The minimum absolute atomic E-state index is 0.208. The van der Waals surface area contributed by atoms with Crippen molar-refractivity contribution in [3.63, 3.8) is 0 Å². The maximum absolute atomic E-state index is 13.1. The Hall–Kier alpha value is -3.02. The van der Waals surface area contributed by atoms with Crippen molar-refractivity contribution in [3.8, 4) is 0 Å². The second-order valence-electron chi connectivity index (χ2n) is 11.6. The molecule has 2 aromatic carbocycles. The smallest absolute Gasteiger partial charge is 0.241 e. The van der Waals surface area contributed by atoms with E-state index in [1.807, 2.05) is 30.3 Å². The van der Waals surface area contributed by atoms with E-state index in [1.54, 1.807) is 19.2 Å². The predicted molar refractivity (Wildman–Crippen MR) is 164 cm³/mol. The van der Waals surface area contributed by atoms with Crippen LogP contribution >= 0.6 is 0 Å². The SMILES string of the molecule is COC[C@@H]1CCCN1c1nc(NCC2CCC(CNS(=O)(=O)c3cccc4ccccc34)CC2)nc(NC(C)C)n1. The molecule has 3 N–H and O–H groups in total. The first-order chi connectivity index (χ1) is 19.8. The summed E-state index contributed by atoms with van der Waals surface area (Å²) in [5, 5.41) is 8.49. The van der Waals surface area contributed by atoms with E-state index >= 15 is 0 Å². The quantitative estimate of drug-likeness (QED) is 0.280. The number of anilines is 3. The molecule has 2 heterocycles. The van der Waals surface area contributed by atoms with Gasteiger partial charge in [-0.2, -0.15) is 15.0 Å². The van der Waals surface area contributed by atoms with Crippen molar-refractivity contribution in [2.24, 2.45) is 11.8 Å². The van der Waals surface area contributed by atoms with Crippen molar-refractivity contribution < 1.29 is 13.2 Å². The van der Waals surface area contributed by atoms with Gasteiger partial charge in [-0.25, -0.2) is 13.1 Å². The molecule has 41 heavy (non-hydrogen) atoms. The average Bonchev–Trinajstić information content (AvgIpc) is 3.43. The maximum atomic E-state index is 13.1. The Kier molecular flexibility index (Phi) is 9.57. The fraction of sp³-hybridized carbons (Fsp3) is 0.567. The van der Waals surface area contributed by atoms with Crippen molar-refractivity contribution in [2.75, 3.05) is 48.9 Å². The third-order valence-corrected chi connectivity index (χ3v) is 9.63. The fourth-order valence-electron chi connectivity index (χ4n) is 5.97. The van der Waals surface area contributed by atoms with Gasteiger partial charge in [0.25, 0.3) is 0 Å². The first-order valence-electron chi connectivity index (χ1n) is 14.8. The van der Waals surface area contributed by atoms with Crippen molar-refractivity contribution in [1.82, 2.24) is 19.7 Å². The summed E-state index contributed by atoms with van der Waals surface area (Å²) in [5.41, 5.74) is 0. The van der Waals surface area contributed by atoms with Gasteiger partial charge in [0.1, 0.15) is 0 Å². The number of aromatic nitrogens is 3. The largest absolute Gasteiger partial charge is 0.383 e. The van der Waals surface area contributed by atoms with Crippen molar-refractivity contribution in [1.29, 1.82) is 0 Å². The molecule has 11 heteroatoms. The van der Waals surface area contributed by atoms with Gasteiger partial charge in [-0.1, -0.05) is 36.4 Å². The summed E-state index contributed by atoms with van der Waals surface area (Å²) in [6.07, 6.45) is 6.20. The van der Waals surface area contributed by atoms with Gasteiger partial charge >= 0.3 is 0 Å². The molecule has 1 aliphatic heterocycles. The lowest BCUT2D eigenvalue weighted by Gasteiger charge is -2.29. The summed E-state index contributed by atoms with van der Waals surface area (Å²) >= 11 is 0. The average molecular weight is 582 g/mol. The van der Waals surface area contributed by atoms with Crippen molar-refractivity contribution >= 4 is 38.6 Å². The van der Waals surface area contributed by atoms with Crippen LogP contribution in [0.5, 0.6) is 0 Å². The summed E-state index contributed by atoms with van der Waals surface area (Å²) in [7, 11) is -1.85. The van der Waals surface area contributed by atoms with E-state index in [-0.39, 0.29) is 12.1 Å². The zero-order valence-corrected chi connectivity index (χ0v) is 25.2. The summed E-state index contributed by atoms with van der Waals surface area (Å²) in [6, 6.07) is 13.5. The number of methoxy groups -OCH3 is 1. The predicted octanol–water partition coefficient (Wildman–Crippen LogP) is 4.66. The van der Waals surface area contributed by atoms with E-state index in [0.717, 1.165) is 62.4 Å². The molecule has 1 saturated heterocycles. The molecule has 0 spiro atoms. The molecule has 1 aromatic heterocycles. The van der Waals surface area contributed by atoms with E-state index in [2.05, 4.69) is 39.1 Å². The normalized spacial score (nSPS) is 21.5. The molecule has 2 aliphatic rings. The van der Waals surface area contributed by atoms with Crippen LogP contribution in [0.3, 0.4) is 0 Å². The topological polar surface area (TPSA) is 121 Å². The maximum Gasteiger partial charge on any atom is 0.241 e. The van der Waals surface area contributed by atoms with E-state index in [9.17, 15) is 8.42 Å². The Morgan fingerprint density at radius 2 is 1.63 bits per heavy atom. The molecule has 5 rings (SSSR count). The molecule has 0 radical (unpaired) electrons. The lowest BCUT2D eigenvalue weighted by molar-refractivity contribution is 0.180. The number of fused-ring (bicyclic) bond motifs is 1. The molecule has 3 aromatic rings. The van der Waals surface area contributed by atoms with Crippen LogP contribution in [0.15, 0.2) is 47.4 Å². The summed E-state index contributed by atoms with van der Waals surface area (Å²) in [6.45, 7) is 6.95. The Morgan fingerprint density at radius 3 is 2.39 bits per heavy atom. The summed E-state index contributed by atoms with van der Waals surface area (Å²) < 4.78 is 34.6. The molecule has 1 aliphatic carbocycles. The highest BCUT2D eigenvalue weighted by atomic mass is 32.2. The number of nitrogens with one attached hydrogen (secondary N) is 3. The van der Waals surface area contributed by atoms with Gasteiger partial charge in [-0.3, -0.25) is 0 Å². The molecule has 222 valence electrons. The van der Waals surface area contributed by atoms with Crippen LogP contribution in [0.25, 0.3) is 10.8 Å². The monoisotopic (exact) mass is 581 g/mol. The first-order valence-corrected chi connectivity index (χ1v) is 16.3. The second kappa shape index (κ2) is 13.3. The number of rotatable bonds is 12. The molecule has 0 bridgehead atoms. The van der Waals surface area contributed by atoms with E-state index < -0.39 is 10.0 Å². The minimum Gasteiger partial charge on any atom is -0.383 e. The standard InChI is InChI=1S/C30H43N7O3S/c1-21(2)33-29-34-28(35-30(36-29)37-17-7-10-25(37)20-40-3)31-18-22-13-15-23(16-14-22)19-32-41(38,39)27-12-6-9-24-8-4-5-11-26(24)27/h4-6,8-9,11-12,21-23,25,32H,7,10,13-20H2,1-3H3,(H2,31,33,34,35,36)/t22?,23?,25-/m0/s1. The number of benzene rings is 2. The highest BCUT2D eigenvalue weighted by molar-refractivity contribution is 7.89. The molecule has 0 unspecified atom stereocenters. The number of sulfonamides is 1. The van der Waals surface area contributed by atoms with Gasteiger partial charge in [-0.05, 0) is 75.7 Å². The molecular formula is C30H43N7O3S. The van der Waals surface area contributed by atoms with Crippen molar-refractivity contribution in [3.05, 3.63) is 42.5 Å². The Balaban J connectivity index is 1.15. The minimum atomic E-state index is -3.58. The van der Waals surface area contributed by atoms with Crippen LogP contribution in [0.4, 0.5) is 17.8 Å². The van der Waals surface area contributed by atoms with E-state index in [4.69, 9.17) is 14.7 Å². The van der Waals surface area contributed by atoms with Crippen molar-refractivity contribution in [2.45, 2.75) is 69.4 Å². The Bertz CT molecular complexity index is 1400. The van der Waals surface area contributed by atoms with Crippen LogP contribution in [0.2, 0.25) is 0 Å². The van der Waals surface area contributed by atoms with Crippen LogP contribution in [0, 0.1) is 11.8 Å². The van der Waals surface area contributed by atoms with Gasteiger partial charge in [-0.15, -0.1) is 0 Å². The zero-order chi connectivity index (χ0) is 28.8. The second-order valence-corrected chi connectivity index (χ2v) is 13.4. The van der Waals surface area contributed by atoms with Gasteiger partial charge in [0.15, 0.2) is 0 Å². The van der Waals surface area contributed by atoms with Crippen LogP contribution in [-0.2, 0) is 14.8 Å². The van der Waals surface area contributed by atoms with Crippen LogP contribution in [0.1, 0.15) is 52.4 Å². The van der Waals surface area contributed by atoms with Gasteiger partial charge in [0.05, 0.1) is 17.5 Å². The zero-order valence-electron chi connectivity index (χ0n) is 24.3. The Morgan fingerprint density at radius 1 is 0.927 bits per heavy atom. The number of nitrogens with zero attached hydrogens (tertiary/aromatic N) is 4. The highest BCUT2D eigenvalue weighted by Crippen LogP contribution is 2.30. The molecule has 1 atom stereocenters. The lowest BCUT2D eigenvalue weighted by Crippen LogP contribution is -2.35. The molecule has 1 saturated carbocycles. The van der Waals surface area contributed by atoms with E-state index in [0.29, 0.717) is 47.7 Å². The van der Waals surface area contributed by atoms with Gasteiger partial charge in [0.2, 0.25) is 27.9 Å². The third-order valence-electron chi connectivity index (χ3n) is 8.15. The van der Waals surface area contributed by atoms with Gasteiger partial charge < -0.3 is 20.3 Å². The molecule has 2 fully saturated rings. The lowest BCUT2D eigenvalue weighted by atomic mass is 9.82. The number of ether oxygens (including phenoxy) is 1. The molecular weight excluding hydrogens is 538 g/mol. The third kappa shape index (κ3) is 7.44. The Labute approximate surface area is 243 Å². The molecule has 10 nitrogen and oxygen atoms in total. The molecule has 0 amide bonds.